The van der Waals surface area contributed by atoms with Crippen LogP contribution in [0.4, 0.5) is 25.0 Å². The van der Waals surface area contributed by atoms with Crippen molar-refractivity contribution < 1.29 is 32.6 Å². The lowest BCUT2D eigenvalue weighted by Crippen LogP contribution is -2.31. The van der Waals surface area contributed by atoms with Gasteiger partial charge in [-0.2, -0.15) is 8.78 Å². The van der Waals surface area contributed by atoms with Gasteiger partial charge in [0.05, 0.1) is 24.4 Å². The van der Waals surface area contributed by atoms with Crippen LogP contribution in [-0.4, -0.2) is 44.3 Å². The molecule has 26 heavy (non-hydrogen) atoms. The molecule has 7 nitrogen and oxygen atoms in total. The summed E-state index contributed by atoms with van der Waals surface area (Å²) in [5.74, 6) is -5.66. The molecule has 3 rings (SSSR count). The van der Waals surface area contributed by atoms with Crippen LogP contribution in [-0.2, 0) is 25.0 Å². The van der Waals surface area contributed by atoms with Crippen LogP contribution in [0.15, 0.2) is 18.2 Å². The SMILES string of the molecule is CCCCOC(=O)[C@H]1CN(c2ccc3c(c2)C(F)(F)C(=O)N3C)C(=O)O1. The minimum atomic E-state index is -3.66. The van der Waals surface area contributed by atoms with Gasteiger partial charge in [-0.1, -0.05) is 13.3 Å². The van der Waals surface area contributed by atoms with E-state index in [0.717, 1.165) is 22.3 Å². The molecule has 9 heteroatoms. The molecule has 1 fully saturated rings. The second-order valence-electron chi connectivity index (χ2n) is 6.14. The minimum absolute atomic E-state index is 0.0758. The Morgan fingerprint density at radius 1 is 1.38 bits per heavy atom. The Labute approximate surface area is 148 Å². The van der Waals surface area contributed by atoms with Gasteiger partial charge in [-0.3, -0.25) is 9.69 Å². The first-order valence-electron chi connectivity index (χ1n) is 8.22. The molecule has 0 bridgehead atoms. The number of carbonyl (C=O) groups excluding carboxylic acids is 3. The Morgan fingerprint density at radius 2 is 2.12 bits per heavy atom. The molecule has 0 aliphatic carbocycles. The zero-order valence-corrected chi connectivity index (χ0v) is 14.3. The van der Waals surface area contributed by atoms with Crippen molar-refractivity contribution in [2.45, 2.75) is 31.8 Å². The number of anilines is 2. The Kier molecular flexibility index (Phi) is 4.55. The largest absolute Gasteiger partial charge is 0.463 e. The van der Waals surface area contributed by atoms with E-state index < -0.39 is 35.6 Å². The fourth-order valence-electron chi connectivity index (χ4n) is 2.88. The lowest BCUT2D eigenvalue weighted by Gasteiger charge is -2.15. The van der Waals surface area contributed by atoms with Gasteiger partial charge >= 0.3 is 23.9 Å². The third-order valence-electron chi connectivity index (χ3n) is 4.38. The predicted octanol–water partition coefficient (Wildman–Crippen LogP) is 2.42. The number of ether oxygens (including phenoxy) is 2. The standard InChI is InChI=1S/C17H18F2N2O5/c1-3-4-7-25-14(22)13-9-21(16(24)26-13)10-5-6-12-11(8-10)17(18,19)15(23)20(12)2/h5-6,8,13H,3-4,7,9H2,1-2H3/t13-/m1/s1. The molecule has 140 valence electrons. The molecule has 0 spiro atoms. The maximum absolute atomic E-state index is 14.1. The molecule has 2 aliphatic rings. The second-order valence-corrected chi connectivity index (χ2v) is 6.14. The number of halogens is 2. The van der Waals surface area contributed by atoms with Crippen molar-refractivity contribution in [3.8, 4) is 0 Å². The maximum Gasteiger partial charge on any atom is 0.415 e. The highest BCUT2D eigenvalue weighted by Crippen LogP contribution is 2.45. The summed E-state index contributed by atoms with van der Waals surface area (Å²) in [5.41, 5.74) is -0.281. The summed E-state index contributed by atoms with van der Waals surface area (Å²) in [6, 6.07) is 3.84. The number of likely N-dealkylation sites (N-methyl/N-ethyl adjacent to an activating group) is 1. The third-order valence-corrected chi connectivity index (χ3v) is 4.38. The summed E-state index contributed by atoms with van der Waals surface area (Å²) in [6.45, 7) is 2.03. The predicted molar refractivity (Wildman–Crippen MR) is 87.2 cm³/mol. The van der Waals surface area contributed by atoms with E-state index in [1.54, 1.807) is 0 Å². The molecule has 0 unspecified atom stereocenters. The first-order valence-corrected chi connectivity index (χ1v) is 8.22. The number of hydrogen-bond acceptors (Lipinski definition) is 5. The lowest BCUT2D eigenvalue weighted by atomic mass is 10.1. The van der Waals surface area contributed by atoms with Crippen LogP contribution in [0.5, 0.6) is 0 Å². The molecule has 1 aromatic carbocycles. The van der Waals surface area contributed by atoms with E-state index >= 15 is 0 Å². The van der Waals surface area contributed by atoms with E-state index in [9.17, 15) is 23.2 Å². The molecule has 2 amide bonds. The number of esters is 1. The van der Waals surface area contributed by atoms with E-state index in [4.69, 9.17) is 9.47 Å². The van der Waals surface area contributed by atoms with Crippen molar-refractivity contribution in [1.29, 1.82) is 0 Å². The van der Waals surface area contributed by atoms with Gasteiger partial charge in [-0.15, -0.1) is 0 Å². The van der Waals surface area contributed by atoms with Crippen LogP contribution in [0.3, 0.4) is 0 Å². The molecule has 1 saturated heterocycles. The van der Waals surface area contributed by atoms with Crippen molar-refractivity contribution in [1.82, 2.24) is 0 Å². The van der Waals surface area contributed by atoms with Gasteiger partial charge in [0, 0.05) is 12.7 Å². The fourth-order valence-corrected chi connectivity index (χ4v) is 2.88. The summed E-state index contributed by atoms with van der Waals surface area (Å²) in [5, 5.41) is 0. The number of rotatable bonds is 5. The number of carbonyl (C=O) groups is 3. The highest BCUT2D eigenvalue weighted by atomic mass is 19.3. The van der Waals surface area contributed by atoms with Crippen molar-refractivity contribution in [2.75, 3.05) is 30.0 Å². The number of hydrogen-bond donors (Lipinski definition) is 0. The summed E-state index contributed by atoms with van der Waals surface area (Å²) >= 11 is 0. The van der Waals surface area contributed by atoms with Crippen LogP contribution >= 0.6 is 0 Å². The Bertz CT molecular complexity index is 768. The van der Waals surface area contributed by atoms with Gasteiger partial charge in [0.25, 0.3) is 0 Å². The molecule has 0 N–H and O–H groups in total. The molecule has 1 aromatic rings. The van der Waals surface area contributed by atoms with Gasteiger partial charge in [0.15, 0.2) is 0 Å². The number of nitrogens with zero attached hydrogens (tertiary/aromatic N) is 2. The van der Waals surface area contributed by atoms with Crippen LogP contribution in [0.2, 0.25) is 0 Å². The molecule has 2 heterocycles. The number of fused-ring (bicyclic) bond motifs is 1. The third kappa shape index (κ3) is 2.87. The first-order chi connectivity index (χ1) is 12.3. The van der Waals surface area contributed by atoms with Crippen molar-refractivity contribution >= 4 is 29.3 Å². The second kappa shape index (κ2) is 6.54. The Morgan fingerprint density at radius 3 is 2.81 bits per heavy atom. The van der Waals surface area contributed by atoms with Crippen molar-refractivity contribution in [3.05, 3.63) is 23.8 Å². The van der Waals surface area contributed by atoms with E-state index in [2.05, 4.69) is 0 Å². The number of alkyl halides is 2. The number of cyclic esters (lactones) is 1. The zero-order valence-electron chi connectivity index (χ0n) is 14.3. The average Bonchev–Trinajstić information content (AvgIpc) is 3.08. The van der Waals surface area contributed by atoms with E-state index in [0.29, 0.717) is 6.42 Å². The van der Waals surface area contributed by atoms with E-state index in [-0.39, 0.29) is 24.5 Å². The van der Waals surface area contributed by atoms with E-state index in [1.807, 2.05) is 6.92 Å². The topological polar surface area (TPSA) is 76.2 Å². The average molecular weight is 368 g/mol. The van der Waals surface area contributed by atoms with Crippen LogP contribution in [0, 0.1) is 0 Å². The van der Waals surface area contributed by atoms with Crippen LogP contribution in [0.1, 0.15) is 25.3 Å². The van der Waals surface area contributed by atoms with Gasteiger partial charge in [0.1, 0.15) is 0 Å². The monoisotopic (exact) mass is 368 g/mol. The number of unbranched alkanes of at least 4 members (excludes halogenated alkanes) is 1. The Balaban J connectivity index is 1.79. The maximum atomic E-state index is 14.1. The van der Waals surface area contributed by atoms with Crippen LogP contribution < -0.4 is 9.80 Å². The summed E-state index contributed by atoms with van der Waals surface area (Å²) in [6.07, 6.45) is -0.404. The molecule has 0 saturated carbocycles. The highest BCUT2D eigenvalue weighted by Gasteiger charge is 2.52. The van der Waals surface area contributed by atoms with Gasteiger partial charge < -0.3 is 14.4 Å². The highest BCUT2D eigenvalue weighted by molar-refractivity contribution is 6.06. The Hall–Kier alpha value is -2.71. The van der Waals surface area contributed by atoms with Gasteiger partial charge in [0.2, 0.25) is 6.10 Å². The van der Waals surface area contributed by atoms with Crippen LogP contribution in [0.25, 0.3) is 0 Å². The summed E-state index contributed by atoms with van der Waals surface area (Å²) < 4.78 is 38.2. The molecular weight excluding hydrogens is 350 g/mol. The normalized spacial score (nSPS) is 21.0. The van der Waals surface area contributed by atoms with Crippen molar-refractivity contribution in [3.63, 3.8) is 0 Å². The number of benzene rings is 1. The molecular formula is C17H18F2N2O5. The van der Waals surface area contributed by atoms with Gasteiger partial charge in [-0.25, -0.2) is 9.59 Å². The quantitative estimate of drug-likeness (QED) is 0.589. The summed E-state index contributed by atoms with van der Waals surface area (Å²) in [4.78, 5) is 37.6. The smallest absolute Gasteiger partial charge is 0.415 e. The molecule has 2 aliphatic heterocycles. The first kappa shape index (κ1) is 18.1. The van der Waals surface area contributed by atoms with Gasteiger partial charge in [-0.05, 0) is 24.6 Å². The molecule has 0 aromatic heterocycles. The molecule has 0 radical (unpaired) electrons. The summed E-state index contributed by atoms with van der Waals surface area (Å²) in [7, 11) is 1.26. The molecule has 1 atom stereocenters. The van der Waals surface area contributed by atoms with E-state index in [1.165, 1.54) is 19.2 Å². The number of amides is 2. The zero-order chi connectivity index (χ0) is 19.1. The van der Waals surface area contributed by atoms with Crippen molar-refractivity contribution in [2.24, 2.45) is 0 Å². The lowest BCUT2D eigenvalue weighted by molar-refractivity contribution is -0.151. The minimum Gasteiger partial charge on any atom is -0.463 e. The fraction of sp³-hybridized carbons (Fsp3) is 0.471.